The average Bonchev–Trinajstić information content (AvgIpc) is 3.21. The molecule has 1 aromatic carbocycles. The lowest BCUT2D eigenvalue weighted by atomic mass is 9.75. The van der Waals surface area contributed by atoms with Crippen molar-refractivity contribution in [1.82, 2.24) is 4.90 Å². The number of hydrogen-bond acceptors (Lipinski definition) is 6. The van der Waals surface area contributed by atoms with Gasteiger partial charge in [-0.05, 0) is 81.4 Å². The fourth-order valence-corrected chi connectivity index (χ4v) is 6.59. The Hall–Kier alpha value is -2.44. The van der Waals surface area contributed by atoms with E-state index >= 15 is 0 Å². The summed E-state index contributed by atoms with van der Waals surface area (Å²) in [6.45, 7) is 0.594. The molecule has 0 spiro atoms. The molecule has 3 fully saturated rings. The number of carbonyl (C=O) groups is 2. The van der Waals surface area contributed by atoms with Crippen LogP contribution in [0.2, 0.25) is 0 Å². The summed E-state index contributed by atoms with van der Waals surface area (Å²) in [7, 11) is 4.79. The summed E-state index contributed by atoms with van der Waals surface area (Å²) in [5.74, 6) is 1.29. The van der Waals surface area contributed by atoms with Gasteiger partial charge in [-0.15, -0.1) is 0 Å². The lowest BCUT2D eigenvalue weighted by molar-refractivity contribution is -0.162. The van der Waals surface area contributed by atoms with Gasteiger partial charge in [-0.2, -0.15) is 0 Å². The molecule has 206 valence electrons. The first-order chi connectivity index (χ1) is 18.1. The maximum Gasteiger partial charge on any atom is 0.329 e. The molecular formula is C30H45NO6. The summed E-state index contributed by atoms with van der Waals surface area (Å²) < 4.78 is 22.8. The third-order valence-corrected chi connectivity index (χ3v) is 8.58. The largest absolute Gasteiger partial charge is 0.493 e. The van der Waals surface area contributed by atoms with E-state index in [4.69, 9.17) is 18.9 Å². The maximum atomic E-state index is 14.4. The van der Waals surface area contributed by atoms with Crippen LogP contribution >= 0.6 is 0 Å². The van der Waals surface area contributed by atoms with Gasteiger partial charge in [0.05, 0.1) is 27.2 Å². The molecule has 1 aromatic rings. The molecule has 0 aromatic heterocycles. The monoisotopic (exact) mass is 515 g/mol. The highest BCUT2D eigenvalue weighted by molar-refractivity contribution is 5.89. The zero-order valence-electron chi connectivity index (χ0n) is 23.0. The first-order valence-corrected chi connectivity index (χ1v) is 14.4. The average molecular weight is 516 g/mol. The number of piperidine rings is 1. The summed E-state index contributed by atoms with van der Waals surface area (Å²) in [6.07, 6.45) is 14.4. The van der Waals surface area contributed by atoms with Gasteiger partial charge in [-0.3, -0.25) is 4.79 Å². The van der Waals surface area contributed by atoms with Crippen LogP contribution in [-0.2, 0) is 14.3 Å². The van der Waals surface area contributed by atoms with E-state index in [0.717, 1.165) is 69.8 Å². The minimum absolute atomic E-state index is 0.0156. The zero-order valence-corrected chi connectivity index (χ0v) is 23.0. The van der Waals surface area contributed by atoms with Crippen molar-refractivity contribution < 1.29 is 28.5 Å². The SMILES string of the molecule is COc1cc([C@@H](C(=O)N2CCCC[C@H]2C(=O)OC2CCCCCC2)C2CCCCC2)cc(OC)c1OC. The highest BCUT2D eigenvalue weighted by atomic mass is 16.5. The summed E-state index contributed by atoms with van der Waals surface area (Å²) in [6, 6.07) is 3.33. The molecule has 3 aliphatic rings. The lowest BCUT2D eigenvalue weighted by Gasteiger charge is -2.39. The number of likely N-dealkylation sites (tertiary alicyclic amines) is 1. The summed E-state index contributed by atoms with van der Waals surface area (Å²) in [4.78, 5) is 29.7. The van der Waals surface area contributed by atoms with Gasteiger partial charge in [0.25, 0.3) is 0 Å². The minimum atomic E-state index is -0.502. The smallest absolute Gasteiger partial charge is 0.329 e. The number of nitrogens with zero attached hydrogens (tertiary/aromatic N) is 1. The van der Waals surface area contributed by atoms with Crippen molar-refractivity contribution in [2.75, 3.05) is 27.9 Å². The van der Waals surface area contributed by atoms with Crippen LogP contribution in [0.3, 0.4) is 0 Å². The predicted octanol–water partition coefficient (Wildman–Crippen LogP) is 6.02. The van der Waals surface area contributed by atoms with Crippen molar-refractivity contribution in [3.8, 4) is 17.2 Å². The quantitative estimate of drug-likeness (QED) is 0.311. The standard InChI is InChI=1S/C30H45NO6/c1-34-25-19-22(20-26(35-2)28(25)36-3)27(21-13-7-6-8-14-21)29(32)31-18-12-11-17-24(31)30(33)37-23-15-9-4-5-10-16-23/h19-21,23-24,27H,4-18H2,1-3H3/t24-,27-/m0/s1. The number of benzene rings is 1. The first kappa shape index (κ1) is 27.6. The number of esters is 1. The van der Waals surface area contributed by atoms with Crippen LogP contribution < -0.4 is 14.2 Å². The Balaban J connectivity index is 1.63. The van der Waals surface area contributed by atoms with Crippen LogP contribution in [0.15, 0.2) is 12.1 Å². The van der Waals surface area contributed by atoms with Crippen molar-refractivity contribution in [1.29, 1.82) is 0 Å². The lowest BCUT2D eigenvalue weighted by Crippen LogP contribution is -2.51. The van der Waals surface area contributed by atoms with E-state index in [1.807, 2.05) is 17.0 Å². The van der Waals surface area contributed by atoms with E-state index in [2.05, 4.69) is 0 Å². The van der Waals surface area contributed by atoms with Crippen LogP contribution in [0.25, 0.3) is 0 Å². The Morgan fingerprint density at radius 1 is 0.757 bits per heavy atom. The summed E-state index contributed by atoms with van der Waals surface area (Å²) in [5, 5.41) is 0. The maximum absolute atomic E-state index is 14.4. The van der Waals surface area contributed by atoms with E-state index in [0.29, 0.717) is 30.2 Å². The Labute approximate surface area is 222 Å². The number of ether oxygens (including phenoxy) is 4. The topological polar surface area (TPSA) is 74.3 Å². The first-order valence-electron chi connectivity index (χ1n) is 14.4. The van der Waals surface area contributed by atoms with E-state index in [1.54, 1.807) is 21.3 Å². The number of carbonyl (C=O) groups excluding carboxylic acids is 2. The van der Waals surface area contributed by atoms with Gasteiger partial charge < -0.3 is 23.8 Å². The zero-order chi connectivity index (χ0) is 26.2. The highest BCUT2D eigenvalue weighted by Gasteiger charge is 2.41. The molecule has 1 saturated heterocycles. The molecule has 0 unspecified atom stereocenters. The Morgan fingerprint density at radius 2 is 1.32 bits per heavy atom. The van der Waals surface area contributed by atoms with Crippen molar-refractivity contribution >= 4 is 11.9 Å². The van der Waals surface area contributed by atoms with Crippen molar-refractivity contribution in [3.63, 3.8) is 0 Å². The van der Waals surface area contributed by atoms with Gasteiger partial charge in [0.1, 0.15) is 12.1 Å². The fourth-order valence-electron chi connectivity index (χ4n) is 6.59. The second-order valence-electron chi connectivity index (χ2n) is 10.9. The van der Waals surface area contributed by atoms with Gasteiger partial charge in [0.15, 0.2) is 11.5 Å². The van der Waals surface area contributed by atoms with Gasteiger partial charge in [-0.1, -0.05) is 32.1 Å². The summed E-state index contributed by atoms with van der Waals surface area (Å²) >= 11 is 0. The summed E-state index contributed by atoms with van der Waals surface area (Å²) in [5.41, 5.74) is 0.868. The van der Waals surface area contributed by atoms with Crippen molar-refractivity contribution in [3.05, 3.63) is 17.7 Å². The normalized spacial score (nSPS) is 22.6. The number of rotatable bonds is 8. The molecule has 1 amide bonds. The number of hydrogen-bond donors (Lipinski definition) is 0. The van der Waals surface area contributed by atoms with Gasteiger partial charge in [0, 0.05) is 6.54 Å². The van der Waals surface area contributed by atoms with Crippen LogP contribution in [0.4, 0.5) is 0 Å². The van der Waals surface area contributed by atoms with Gasteiger partial charge in [0.2, 0.25) is 11.7 Å². The van der Waals surface area contributed by atoms with E-state index in [-0.39, 0.29) is 29.8 Å². The molecular weight excluding hydrogens is 470 g/mol. The number of methoxy groups -OCH3 is 3. The van der Waals surface area contributed by atoms with Gasteiger partial charge in [-0.25, -0.2) is 4.79 Å². The van der Waals surface area contributed by atoms with Crippen LogP contribution in [0.5, 0.6) is 17.2 Å². The third-order valence-electron chi connectivity index (χ3n) is 8.58. The second kappa shape index (κ2) is 13.4. The predicted molar refractivity (Wildman–Crippen MR) is 142 cm³/mol. The molecule has 4 rings (SSSR count). The molecule has 37 heavy (non-hydrogen) atoms. The molecule has 0 bridgehead atoms. The molecule has 2 aliphatic carbocycles. The molecule has 0 radical (unpaired) electrons. The van der Waals surface area contributed by atoms with Crippen molar-refractivity contribution in [2.45, 2.75) is 108 Å². The Bertz CT molecular complexity index is 878. The molecule has 7 heteroatoms. The molecule has 1 heterocycles. The van der Waals surface area contributed by atoms with E-state index in [1.165, 1.54) is 19.3 Å². The van der Waals surface area contributed by atoms with Crippen LogP contribution in [0.1, 0.15) is 101 Å². The third kappa shape index (κ3) is 6.53. The second-order valence-corrected chi connectivity index (χ2v) is 10.9. The Morgan fingerprint density at radius 3 is 1.92 bits per heavy atom. The van der Waals surface area contributed by atoms with E-state index in [9.17, 15) is 9.59 Å². The molecule has 2 saturated carbocycles. The van der Waals surface area contributed by atoms with Gasteiger partial charge >= 0.3 is 5.97 Å². The van der Waals surface area contributed by atoms with Crippen molar-refractivity contribution in [2.24, 2.45) is 5.92 Å². The van der Waals surface area contributed by atoms with E-state index < -0.39 is 6.04 Å². The molecule has 7 nitrogen and oxygen atoms in total. The van der Waals surface area contributed by atoms with Crippen LogP contribution in [0, 0.1) is 5.92 Å². The molecule has 0 N–H and O–H groups in total. The fraction of sp³-hybridized carbons (Fsp3) is 0.733. The Kier molecular flexibility index (Phi) is 9.98. The van der Waals surface area contributed by atoms with Crippen LogP contribution in [-0.4, -0.2) is 56.8 Å². The number of amides is 1. The molecule has 1 aliphatic heterocycles. The molecule has 2 atom stereocenters. The minimum Gasteiger partial charge on any atom is -0.493 e. The highest BCUT2D eigenvalue weighted by Crippen LogP contribution is 2.45.